The third-order valence-electron chi connectivity index (χ3n) is 4.07. The summed E-state index contributed by atoms with van der Waals surface area (Å²) in [6, 6.07) is 3.78. The van der Waals surface area contributed by atoms with Crippen LogP contribution in [0.3, 0.4) is 0 Å². The van der Waals surface area contributed by atoms with Crippen molar-refractivity contribution in [2.24, 2.45) is 5.16 Å². The van der Waals surface area contributed by atoms with Crippen LogP contribution in [0, 0.1) is 15.9 Å². The zero-order valence-corrected chi connectivity index (χ0v) is 12.0. The average Bonchev–Trinajstić information content (AvgIpc) is 2.46. The zero-order valence-electron chi connectivity index (χ0n) is 12.0. The molecule has 0 spiro atoms. The second-order valence-corrected chi connectivity index (χ2v) is 5.50. The maximum Gasteiger partial charge on any atom is 0.276 e. The number of nitro benzene ring substituents is 1. The SMILES string of the molecule is CN(C)C1CC/C(=N\O)C(c2ccc(F)cc2[N+](=O)[O-])C1. The Morgan fingerprint density at radius 3 is 2.76 bits per heavy atom. The fraction of sp³-hybridized carbons (Fsp3) is 0.500. The summed E-state index contributed by atoms with van der Waals surface area (Å²) in [7, 11) is 3.89. The molecule has 2 unspecified atom stereocenters. The molecule has 1 aliphatic rings. The number of oxime groups is 1. The first kappa shape index (κ1) is 15.4. The molecule has 0 bridgehead atoms. The number of hydrogen-bond donors (Lipinski definition) is 1. The molecule has 0 heterocycles. The maximum atomic E-state index is 13.3. The highest BCUT2D eigenvalue weighted by Crippen LogP contribution is 2.37. The van der Waals surface area contributed by atoms with E-state index in [9.17, 15) is 14.5 Å². The maximum absolute atomic E-state index is 13.3. The van der Waals surface area contributed by atoms with Gasteiger partial charge in [-0.2, -0.15) is 0 Å². The molecule has 0 aromatic heterocycles. The van der Waals surface area contributed by atoms with Crippen LogP contribution in [0.25, 0.3) is 0 Å². The van der Waals surface area contributed by atoms with Gasteiger partial charge in [0.05, 0.1) is 16.7 Å². The van der Waals surface area contributed by atoms with Gasteiger partial charge in [-0.25, -0.2) is 4.39 Å². The van der Waals surface area contributed by atoms with Gasteiger partial charge in [-0.15, -0.1) is 0 Å². The van der Waals surface area contributed by atoms with Crippen LogP contribution >= 0.6 is 0 Å². The van der Waals surface area contributed by atoms with E-state index in [2.05, 4.69) is 10.1 Å². The minimum Gasteiger partial charge on any atom is -0.411 e. The number of hydrogen-bond acceptors (Lipinski definition) is 5. The van der Waals surface area contributed by atoms with Crippen LogP contribution in [0.1, 0.15) is 30.7 Å². The highest BCUT2D eigenvalue weighted by Gasteiger charge is 2.34. The highest BCUT2D eigenvalue weighted by molar-refractivity contribution is 5.92. The van der Waals surface area contributed by atoms with Crippen molar-refractivity contribution in [3.05, 3.63) is 39.7 Å². The predicted molar refractivity (Wildman–Crippen MR) is 76.3 cm³/mol. The Morgan fingerprint density at radius 1 is 1.48 bits per heavy atom. The number of benzene rings is 1. The Labute approximate surface area is 122 Å². The fourth-order valence-corrected chi connectivity index (χ4v) is 2.88. The Morgan fingerprint density at radius 2 is 2.19 bits per heavy atom. The van der Waals surface area contributed by atoms with Gasteiger partial charge in [-0.3, -0.25) is 10.1 Å². The summed E-state index contributed by atoms with van der Waals surface area (Å²) in [6.45, 7) is 0. The van der Waals surface area contributed by atoms with Crippen LogP contribution in [-0.4, -0.2) is 40.9 Å². The van der Waals surface area contributed by atoms with Crippen LogP contribution in [0.4, 0.5) is 10.1 Å². The van der Waals surface area contributed by atoms with Gasteiger partial charge in [-0.05, 0) is 45.5 Å². The van der Waals surface area contributed by atoms with E-state index in [0.29, 0.717) is 24.1 Å². The zero-order chi connectivity index (χ0) is 15.6. The molecule has 2 rings (SSSR count). The topological polar surface area (TPSA) is 79.0 Å². The lowest BCUT2D eigenvalue weighted by Crippen LogP contribution is -2.36. The van der Waals surface area contributed by atoms with Gasteiger partial charge in [0.25, 0.3) is 5.69 Å². The molecular weight excluding hydrogens is 277 g/mol. The van der Waals surface area contributed by atoms with Crippen molar-refractivity contribution in [2.75, 3.05) is 14.1 Å². The largest absolute Gasteiger partial charge is 0.411 e. The minimum absolute atomic E-state index is 0.241. The first-order valence-electron chi connectivity index (χ1n) is 6.75. The standard InChI is InChI=1S/C14H18FN3O3/c1-17(2)10-4-6-13(16-19)12(8-10)11-5-3-9(15)7-14(11)18(20)21/h3,5,7,10,12,19H,4,6,8H2,1-2H3/b16-13+. The van der Waals surface area contributed by atoms with Gasteiger partial charge in [0.1, 0.15) is 5.82 Å². The molecule has 114 valence electrons. The van der Waals surface area contributed by atoms with Gasteiger partial charge < -0.3 is 10.1 Å². The van der Waals surface area contributed by atoms with E-state index >= 15 is 0 Å². The molecule has 1 aromatic carbocycles. The van der Waals surface area contributed by atoms with E-state index in [1.807, 2.05) is 14.1 Å². The lowest BCUT2D eigenvalue weighted by Gasteiger charge is -2.33. The first-order valence-corrected chi connectivity index (χ1v) is 6.75. The van der Waals surface area contributed by atoms with E-state index in [1.165, 1.54) is 12.1 Å². The second-order valence-electron chi connectivity index (χ2n) is 5.50. The van der Waals surface area contributed by atoms with Gasteiger partial charge >= 0.3 is 0 Å². The monoisotopic (exact) mass is 295 g/mol. The lowest BCUT2D eigenvalue weighted by molar-refractivity contribution is -0.385. The normalized spacial score (nSPS) is 24.5. The number of nitrogens with zero attached hydrogens (tertiary/aromatic N) is 3. The summed E-state index contributed by atoms with van der Waals surface area (Å²) in [5, 5.41) is 23.6. The molecule has 21 heavy (non-hydrogen) atoms. The summed E-state index contributed by atoms with van der Waals surface area (Å²) >= 11 is 0. The third-order valence-corrected chi connectivity index (χ3v) is 4.07. The lowest BCUT2D eigenvalue weighted by atomic mass is 9.79. The summed E-state index contributed by atoms with van der Waals surface area (Å²) in [5.41, 5.74) is 0.657. The molecule has 1 N–H and O–H groups in total. The van der Waals surface area contributed by atoms with Crippen LogP contribution in [-0.2, 0) is 0 Å². The highest BCUT2D eigenvalue weighted by atomic mass is 19.1. The molecule has 1 saturated carbocycles. The first-order chi connectivity index (χ1) is 9.93. The van der Waals surface area contributed by atoms with E-state index in [1.54, 1.807) is 0 Å². The van der Waals surface area contributed by atoms with Crippen molar-refractivity contribution in [3.8, 4) is 0 Å². The minimum atomic E-state index is -0.645. The molecule has 1 aromatic rings. The number of halogens is 1. The Bertz CT molecular complexity index is 575. The Balaban J connectivity index is 2.44. The molecular formula is C14H18FN3O3. The van der Waals surface area contributed by atoms with Crippen molar-refractivity contribution in [1.82, 2.24) is 4.90 Å². The molecule has 7 heteroatoms. The number of rotatable bonds is 3. The van der Waals surface area contributed by atoms with Crippen molar-refractivity contribution in [3.63, 3.8) is 0 Å². The van der Waals surface area contributed by atoms with E-state index < -0.39 is 10.7 Å². The van der Waals surface area contributed by atoms with Crippen molar-refractivity contribution < 1.29 is 14.5 Å². The molecule has 0 amide bonds. The van der Waals surface area contributed by atoms with Gasteiger partial charge in [0.2, 0.25) is 0 Å². The van der Waals surface area contributed by atoms with E-state index in [-0.39, 0.29) is 17.6 Å². The van der Waals surface area contributed by atoms with Crippen LogP contribution < -0.4 is 0 Å². The molecule has 0 radical (unpaired) electrons. The summed E-state index contributed by atoms with van der Waals surface area (Å²) < 4.78 is 13.3. The molecule has 6 nitrogen and oxygen atoms in total. The quantitative estimate of drug-likeness (QED) is 0.528. The molecule has 2 atom stereocenters. The average molecular weight is 295 g/mol. The van der Waals surface area contributed by atoms with Crippen LogP contribution in [0.5, 0.6) is 0 Å². The predicted octanol–water partition coefficient (Wildman–Crippen LogP) is 2.76. The fourth-order valence-electron chi connectivity index (χ4n) is 2.88. The number of nitro groups is 1. The van der Waals surface area contributed by atoms with Gasteiger partial charge in [0, 0.05) is 17.5 Å². The summed E-state index contributed by atoms with van der Waals surface area (Å²) in [4.78, 5) is 12.6. The van der Waals surface area contributed by atoms with E-state index in [0.717, 1.165) is 12.5 Å². The van der Waals surface area contributed by atoms with Gasteiger partial charge in [-0.1, -0.05) is 5.16 Å². The van der Waals surface area contributed by atoms with Crippen molar-refractivity contribution >= 4 is 11.4 Å². The molecule has 1 aliphatic carbocycles. The molecule has 1 fully saturated rings. The summed E-state index contributed by atoms with van der Waals surface area (Å²) in [6.07, 6.45) is 2.01. The van der Waals surface area contributed by atoms with E-state index in [4.69, 9.17) is 5.21 Å². The second kappa shape index (κ2) is 6.17. The van der Waals surface area contributed by atoms with Gasteiger partial charge in [0.15, 0.2) is 0 Å². The Hall–Kier alpha value is -2.02. The molecule has 0 saturated heterocycles. The van der Waals surface area contributed by atoms with Crippen LogP contribution in [0.2, 0.25) is 0 Å². The Kier molecular flexibility index (Phi) is 4.52. The van der Waals surface area contributed by atoms with Crippen molar-refractivity contribution in [2.45, 2.75) is 31.2 Å². The van der Waals surface area contributed by atoms with Crippen molar-refractivity contribution in [1.29, 1.82) is 0 Å². The third kappa shape index (κ3) is 3.18. The molecule has 0 aliphatic heterocycles. The summed E-state index contributed by atoms with van der Waals surface area (Å²) in [5.74, 6) is -1.01. The van der Waals surface area contributed by atoms with Crippen LogP contribution in [0.15, 0.2) is 23.4 Å². The smallest absolute Gasteiger partial charge is 0.276 e.